The maximum absolute atomic E-state index is 12.8. The molecule has 2 heterocycles. The maximum Gasteiger partial charge on any atom is 0.417 e. The van der Waals surface area contributed by atoms with Gasteiger partial charge in [0.05, 0.1) is 17.6 Å². The van der Waals surface area contributed by atoms with Crippen molar-refractivity contribution in [1.82, 2.24) is 14.5 Å². The number of hydrogen-bond acceptors (Lipinski definition) is 3. The first-order valence-corrected chi connectivity index (χ1v) is 7.70. The molecule has 1 fully saturated rings. The fraction of sp³-hybridized carbons (Fsp3) is 0.533. The van der Waals surface area contributed by atoms with Crippen LogP contribution >= 0.6 is 11.6 Å². The molecule has 1 aliphatic heterocycles. The predicted octanol–water partition coefficient (Wildman–Crippen LogP) is 3.12. The zero-order chi connectivity index (χ0) is 16.8. The summed E-state index contributed by atoms with van der Waals surface area (Å²) < 4.78 is 40.4. The summed E-state index contributed by atoms with van der Waals surface area (Å²) in [6.07, 6.45) is -5.20. The van der Waals surface area contributed by atoms with Crippen molar-refractivity contribution in [3.8, 4) is 0 Å². The van der Waals surface area contributed by atoms with Crippen LogP contribution in [0.2, 0.25) is 5.02 Å². The number of hydrogen-bond donors (Lipinski definition) is 1. The van der Waals surface area contributed by atoms with Gasteiger partial charge < -0.3 is 9.67 Å². The summed E-state index contributed by atoms with van der Waals surface area (Å²) in [5.41, 5.74) is -0.879. The van der Waals surface area contributed by atoms with E-state index in [2.05, 4.69) is 4.98 Å². The predicted molar refractivity (Wildman–Crippen MR) is 81.2 cm³/mol. The zero-order valence-corrected chi connectivity index (χ0v) is 13.3. The fourth-order valence-electron chi connectivity index (χ4n) is 2.93. The minimum atomic E-state index is -4.58. The SMILES string of the molecule is Cn1c(CN2CCC(O)(C(F)(F)F)CC2)nc2cc(Cl)ccc21. The summed E-state index contributed by atoms with van der Waals surface area (Å²) in [7, 11) is 1.87. The molecule has 0 unspecified atom stereocenters. The molecule has 8 heteroatoms. The molecule has 1 aromatic carbocycles. The van der Waals surface area contributed by atoms with Crippen molar-refractivity contribution < 1.29 is 18.3 Å². The monoisotopic (exact) mass is 347 g/mol. The molecule has 1 saturated heterocycles. The van der Waals surface area contributed by atoms with Gasteiger partial charge >= 0.3 is 6.18 Å². The van der Waals surface area contributed by atoms with E-state index in [1.807, 2.05) is 22.6 Å². The van der Waals surface area contributed by atoms with Crippen LogP contribution in [-0.2, 0) is 13.6 Å². The van der Waals surface area contributed by atoms with E-state index in [1.54, 1.807) is 12.1 Å². The van der Waals surface area contributed by atoms with Gasteiger partial charge in [-0.2, -0.15) is 13.2 Å². The zero-order valence-electron chi connectivity index (χ0n) is 12.6. The van der Waals surface area contributed by atoms with E-state index in [0.29, 0.717) is 11.6 Å². The number of aryl methyl sites for hydroxylation is 1. The maximum atomic E-state index is 12.8. The average molecular weight is 348 g/mol. The molecule has 0 aliphatic carbocycles. The second-order valence-electron chi connectivity index (χ2n) is 6.03. The van der Waals surface area contributed by atoms with E-state index >= 15 is 0 Å². The van der Waals surface area contributed by atoms with Gasteiger partial charge in [0.1, 0.15) is 5.82 Å². The van der Waals surface area contributed by atoms with Crippen LogP contribution < -0.4 is 0 Å². The summed E-state index contributed by atoms with van der Waals surface area (Å²) >= 11 is 5.95. The van der Waals surface area contributed by atoms with Crippen LogP contribution in [0.1, 0.15) is 18.7 Å². The molecule has 1 N–H and O–H groups in total. The fourth-order valence-corrected chi connectivity index (χ4v) is 3.10. The van der Waals surface area contributed by atoms with Gasteiger partial charge in [-0.3, -0.25) is 4.90 Å². The Morgan fingerprint density at radius 3 is 2.57 bits per heavy atom. The summed E-state index contributed by atoms with van der Waals surface area (Å²) in [4.78, 5) is 6.38. The number of likely N-dealkylation sites (tertiary alicyclic amines) is 1. The topological polar surface area (TPSA) is 41.3 Å². The van der Waals surface area contributed by atoms with E-state index < -0.39 is 11.8 Å². The number of aromatic nitrogens is 2. The van der Waals surface area contributed by atoms with Crippen LogP contribution in [0.25, 0.3) is 11.0 Å². The molecule has 1 aliphatic rings. The van der Waals surface area contributed by atoms with E-state index in [-0.39, 0.29) is 25.9 Å². The summed E-state index contributed by atoms with van der Waals surface area (Å²) in [5, 5.41) is 10.3. The van der Waals surface area contributed by atoms with Gasteiger partial charge in [0, 0.05) is 25.2 Å². The van der Waals surface area contributed by atoms with Crippen LogP contribution in [0.15, 0.2) is 18.2 Å². The molecular weight excluding hydrogens is 331 g/mol. The Hall–Kier alpha value is -1.31. The Morgan fingerprint density at radius 1 is 1.30 bits per heavy atom. The van der Waals surface area contributed by atoms with Gasteiger partial charge in [-0.25, -0.2) is 4.98 Å². The van der Waals surface area contributed by atoms with Crippen LogP contribution in [0.5, 0.6) is 0 Å². The number of rotatable bonds is 2. The minimum Gasteiger partial charge on any atom is -0.380 e. The lowest BCUT2D eigenvalue weighted by atomic mass is 9.91. The quantitative estimate of drug-likeness (QED) is 0.907. The van der Waals surface area contributed by atoms with Crippen LogP contribution in [0.3, 0.4) is 0 Å². The third-order valence-electron chi connectivity index (χ3n) is 4.51. The van der Waals surface area contributed by atoms with E-state index in [1.165, 1.54) is 0 Å². The van der Waals surface area contributed by atoms with Crippen molar-refractivity contribution in [3.05, 3.63) is 29.0 Å². The van der Waals surface area contributed by atoms with Crippen molar-refractivity contribution in [2.45, 2.75) is 31.2 Å². The summed E-state index contributed by atoms with van der Waals surface area (Å²) in [5.74, 6) is 0.764. The van der Waals surface area contributed by atoms with Gasteiger partial charge in [0.2, 0.25) is 0 Å². The van der Waals surface area contributed by atoms with Gasteiger partial charge in [-0.15, -0.1) is 0 Å². The number of piperidine rings is 1. The van der Waals surface area contributed by atoms with Crippen molar-refractivity contribution in [1.29, 1.82) is 0 Å². The molecule has 1 aromatic heterocycles. The lowest BCUT2D eigenvalue weighted by Crippen LogP contribution is -2.53. The molecule has 0 atom stereocenters. The van der Waals surface area contributed by atoms with E-state index in [9.17, 15) is 18.3 Å². The first-order valence-electron chi connectivity index (χ1n) is 7.32. The molecule has 0 radical (unpaired) electrons. The largest absolute Gasteiger partial charge is 0.417 e. The molecule has 0 amide bonds. The number of benzene rings is 1. The second-order valence-corrected chi connectivity index (χ2v) is 6.46. The minimum absolute atomic E-state index is 0.181. The molecule has 4 nitrogen and oxygen atoms in total. The molecule has 3 rings (SSSR count). The first kappa shape index (κ1) is 16.5. The van der Waals surface area contributed by atoms with Crippen molar-refractivity contribution in [3.63, 3.8) is 0 Å². The summed E-state index contributed by atoms with van der Waals surface area (Å²) in [6, 6.07) is 5.41. The van der Waals surface area contributed by atoms with Gasteiger partial charge in [-0.1, -0.05) is 11.6 Å². The number of nitrogens with zero attached hydrogens (tertiary/aromatic N) is 3. The number of fused-ring (bicyclic) bond motifs is 1. The van der Waals surface area contributed by atoms with Crippen LogP contribution in [0.4, 0.5) is 13.2 Å². The number of alkyl halides is 3. The molecule has 0 bridgehead atoms. The molecule has 23 heavy (non-hydrogen) atoms. The highest BCUT2D eigenvalue weighted by Crippen LogP contribution is 2.38. The molecule has 2 aromatic rings. The highest BCUT2D eigenvalue weighted by molar-refractivity contribution is 6.31. The molecule has 0 saturated carbocycles. The Bertz CT molecular complexity index is 721. The standard InChI is InChI=1S/C15H17ClF3N3O/c1-21-12-3-2-10(16)8-11(12)20-13(21)9-22-6-4-14(23,5-7-22)15(17,18)19/h2-3,8,23H,4-7,9H2,1H3. The number of halogens is 4. The normalized spacial score (nSPS) is 19.4. The summed E-state index contributed by atoms with van der Waals surface area (Å²) in [6.45, 7) is 0.802. The second kappa shape index (κ2) is 5.65. The van der Waals surface area contributed by atoms with Gasteiger partial charge in [0.15, 0.2) is 5.60 Å². The Kier molecular flexibility index (Phi) is 4.06. The van der Waals surface area contributed by atoms with Crippen molar-refractivity contribution in [2.75, 3.05) is 13.1 Å². The third-order valence-corrected chi connectivity index (χ3v) is 4.75. The number of aliphatic hydroxyl groups is 1. The highest BCUT2D eigenvalue weighted by atomic mass is 35.5. The molecule has 126 valence electrons. The molecular formula is C15H17ClF3N3O. The number of imidazole rings is 1. The Balaban J connectivity index is 1.73. The van der Waals surface area contributed by atoms with Crippen molar-refractivity contribution in [2.24, 2.45) is 7.05 Å². The van der Waals surface area contributed by atoms with Crippen LogP contribution in [-0.4, -0.2) is 44.4 Å². The van der Waals surface area contributed by atoms with Crippen LogP contribution in [0, 0.1) is 0 Å². The third kappa shape index (κ3) is 3.05. The smallest absolute Gasteiger partial charge is 0.380 e. The molecule has 0 spiro atoms. The van der Waals surface area contributed by atoms with Crippen molar-refractivity contribution >= 4 is 22.6 Å². The van der Waals surface area contributed by atoms with E-state index in [0.717, 1.165) is 16.9 Å². The lowest BCUT2D eigenvalue weighted by molar-refractivity contribution is -0.273. The van der Waals surface area contributed by atoms with Gasteiger partial charge in [0.25, 0.3) is 0 Å². The Morgan fingerprint density at radius 2 is 1.96 bits per heavy atom. The first-order chi connectivity index (χ1) is 10.7. The lowest BCUT2D eigenvalue weighted by Gasteiger charge is -2.38. The Labute approximate surface area is 136 Å². The van der Waals surface area contributed by atoms with E-state index in [4.69, 9.17) is 11.6 Å². The highest BCUT2D eigenvalue weighted by Gasteiger charge is 2.54. The average Bonchev–Trinajstić information content (AvgIpc) is 2.76. The van der Waals surface area contributed by atoms with Gasteiger partial charge in [-0.05, 0) is 31.0 Å².